The van der Waals surface area contributed by atoms with E-state index in [9.17, 15) is 65.5 Å². The molecule has 17 heteroatoms. The van der Waals surface area contributed by atoms with E-state index in [4.69, 9.17) is 10.7 Å². The van der Waals surface area contributed by atoms with Crippen molar-refractivity contribution in [1.29, 1.82) is 0 Å². The number of rotatable bonds is 4. The van der Waals surface area contributed by atoms with Crippen molar-refractivity contribution in [2.75, 3.05) is 0 Å². The molecule has 1 aromatic rings. The Bertz CT molecular complexity index is 898. The zero-order chi connectivity index (χ0) is 24.4. The number of hydrogen-bond donors (Lipinski definition) is 0. The van der Waals surface area contributed by atoms with Gasteiger partial charge in [-0.1, -0.05) is 12.1 Å². The van der Waals surface area contributed by atoms with E-state index in [0.717, 1.165) is 0 Å². The molecule has 0 bridgehead atoms. The Balaban J connectivity index is 4.22. The van der Waals surface area contributed by atoms with Crippen LogP contribution in [0.3, 0.4) is 0 Å². The molecule has 30 heavy (non-hydrogen) atoms. The van der Waals surface area contributed by atoms with Crippen LogP contribution in [-0.4, -0.2) is 38.8 Å². The SMILES string of the molecule is Cc1cc(C(C(F)(F)F)(C(F)(F)F)C(F)(F)C(F)(F)C(F)(F)F)ccc1S(=O)(=O)Cl. The first-order valence-electron chi connectivity index (χ1n) is 6.89. The highest BCUT2D eigenvalue weighted by atomic mass is 35.7. The predicted molar refractivity (Wildman–Crippen MR) is 74.0 cm³/mol. The standard InChI is InChI=1S/C13H6ClF13O2S/c1-5-4-6(2-3-7(5)30(14,28)29)8(11(19,20)21,12(22,23)24)9(15,16)10(17,18)13(25,26)27/h2-4H,1H3. The highest BCUT2D eigenvalue weighted by molar-refractivity contribution is 8.13. The number of benzene rings is 1. The second-order valence-corrected chi connectivity index (χ2v) is 8.34. The van der Waals surface area contributed by atoms with Crippen LogP contribution in [0.5, 0.6) is 0 Å². The molecular formula is C13H6ClF13O2S. The highest BCUT2D eigenvalue weighted by Crippen LogP contribution is 2.66. The third-order valence-corrected chi connectivity index (χ3v) is 5.42. The molecule has 0 fully saturated rings. The van der Waals surface area contributed by atoms with Gasteiger partial charge in [0.05, 0.1) is 4.90 Å². The van der Waals surface area contributed by atoms with Crippen molar-refractivity contribution in [3.05, 3.63) is 29.3 Å². The van der Waals surface area contributed by atoms with Gasteiger partial charge in [0, 0.05) is 10.7 Å². The molecule has 0 unspecified atom stereocenters. The Kier molecular flexibility index (Phi) is 6.23. The lowest BCUT2D eigenvalue weighted by atomic mass is 9.70. The van der Waals surface area contributed by atoms with Crippen LogP contribution >= 0.6 is 10.7 Å². The lowest BCUT2D eigenvalue weighted by Crippen LogP contribution is -2.72. The summed E-state index contributed by atoms with van der Waals surface area (Å²) in [6.07, 6.45) is -22.4. The molecule has 0 saturated carbocycles. The largest absolute Gasteiger partial charge is 0.459 e. The van der Waals surface area contributed by atoms with Crippen LogP contribution in [0.1, 0.15) is 11.1 Å². The fourth-order valence-corrected chi connectivity index (χ4v) is 3.79. The molecule has 0 aromatic heterocycles. The van der Waals surface area contributed by atoms with Crippen molar-refractivity contribution in [1.82, 2.24) is 0 Å². The predicted octanol–water partition coefficient (Wildman–Crippen LogP) is 6.12. The molecule has 0 atom stereocenters. The summed E-state index contributed by atoms with van der Waals surface area (Å²) in [5.41, 5.74) is -11.0. The second kappa shape index (κ2) is 7.03. The Labute approximate surface area is 163 Å². The molecule has 0 aliphatic heterocycles. The summed E-state index contributed by atoms with van der Waals surface area (Å²) < 4.78 is 195. The third-order valence-electron chi connectivity index (χ3n) is 3.94. The number of hydrogen-bond acceptors (Lipinski definition) is 2. The molecule has 0 heterocycles. The normalized spacial score (nSPS) is 15.4. The maximum absolute atomic E-state index is 14.1. The van der Waals surface area contributed by atoms with Crippen LogP contribution in [0.4, 0.5) is 57.1 Å². The summed E-state index contributed by atoms with van der Waals surface area (Å²) in [5, 5.41) is 0. The fraction of sp³-hybridized carbons (Fsp3) is 0.538. The molecule has 1 aromatic carbocycles. The molecule has 0 amide bonds. The van der Waals surface area contributed by atoms with Gasteiger partial charge < -0.3 is 0 Å². The van der Waals surface area contributed by atoms with E-state index in [1.165, 1.54) is 0 Å². The van der Waals surface area contributed by atoms with Gasteiger partial charge in [0.15, 0.2) is 0 Å². The maximum Gasteiger partial charge on any atom is 0.459 e. The van der Waals surface area contributed by atoms with Gasteiger partial charge in [-0.15, -0.1) is 0 Å². The van der Waals surface area contributed by atoms with Crippen LogP contribution in [-0.2, 0) is 14.5 Å². The Morgan fingerprint density at radius 3 is 1.37 bits per heavy atom. The van der Waals surface area contributed by atoms with Crippen LogP contribution in [0.15, 0.2) is 23.1 Å². The lowest BCUT2D eigenvalue weighted by molar-refractivity contribution is -0.432. The summed E-state index contributed by atoms with van der Waals surface area (Å²) in [6, 6.07) is -1.35. The molecule has 0 aliphatic rings. The maximum atomic E-state index is 14.1. The first-order valence-corrected chi connectivity index (χ1v) is 9.20. The minimum Gasteiger partial charge on any atom is -0.207 e. The van der Waals surface area contributed by atoms with Crippen LogP contribution in [0.2, 0.25) is 0 Å². The molecule has 0 saturated heterocycles. The molecular weight excluding hydrogens is 503 g/mol. The lowest BCUT2D eigenvalue weighted by Gasteiger charge is -2.45. The topological polar surface area (TPSA) is 34.1 Å². The zero-order valence-electron chi connectivity index (χ0n) is 13.7. The van der Waals surface area contributed by atoms with E-state index >= 15 is 0 Å². The average Bonchev–Trinajstić information content (AvgIpc) is 2.41. The van der Waals surface area contributed by atoms with E-state index in [-0.39, 0.29) is 6.07 Å². The molecule has 0 radical (unpaired) electrons. The Morgan fingerprint density at radius 2 is 1.10 bits per heavy atom. The minimum atomic E-state index is -7.86. The average molecular weight is 509 g/mol. The van der Waals surface area contributed by atoms with E-state index in [1.54, 1.807) is 0 Å². The number of aryl methyl sites for hydroxylation is 1. The van der Waals surface area contributed by atoms with Gasteiger partial charge in [-0.2, -0.15) is 57.1 Å². The summed E-state index contributed by atoms with van der Waals surface area (Å²) in [6.45, 7) is 0.455. The van der Waals surface area contributed by atoms with E-state index in [1.807, 2.05) is 0 Å². The highest BCUT2D eigenvalue weighted by Gasteiger charge is 2.92. The Morgan fingerprint density at radius 1 is 0.700 bits per heavy atom. The molecule has 2 nitrogen and oxygen atoms in total. The van der Waals surface area contributed by atoms with Crippen molar-refractivity contribution in [2.24, 2.45) is 0 Å². The van der Waals surface area contributed by atoms with Crippen LogP contribution < -0.4 is 0 Å². The van der Waals surface area contributed by atoms with Gasteiger partial charge in [-0.3, -0.25) is 0 Å². The van der Waals surface area contributed by atoms with Crippen molar-refractivity contribution in [3.63, 3.8) is 0 Å². The van der Waals surface area contributed by atoms with Crippen LogP contribution in [0.25, 0.3) is 0 Å². The van der Waals surface area contributed by atoms with Crippen LogP contribution in [0, 0.1) is 6.92 Å². The summed E-state index contributed by atoms with van der Waals surface area (Å²) in [7, 11) is -0.0163. The molecule has 174 valence electrons. The Hall–Kier alpha value is -1.45. The monoisotopic (exact) mass is 508 g/mol. The third kappa shape index (κ3) is 3.69. The minimum absolute atomic E-state index is 0.166. The quantitative estimate of drug-likeness (QED) is 0.363. The van der Waals surface area contributed by atoms with Gasteiger partial charge >= 0.3 is 30.4 Å². The fourth-order valence-electron chi connectivity index (χ4n) is 2.60. The number of halogens is 14. The molecule has 1 rings (SSSR count). The molecule has 0 N–H and O–H groups in total. The second-order valence-electron chi connectivity index (χ2n) is 5.81. The first-order chi connectivity index (χ1) is 12.9. The summed E-state index contributed by atoms with van der Waals surface area (Å²) >= 11 is 0. The van der Waals surface area contributed by atoms with E-state index in [0.29, 0.717) is 6.92 Å². The summed E-state index contributed by atoms with van der Waals surface area (Å²) in [5.74, 6) is -15.7. The zero-order valence-corrected chi connectivity index (χ0v) is 15.3. The van der Waals surface area contributed by atoms with Gasteiger partial charge in [-0.25, -0.2) is 8.42 Å². The molecule has 0 aliphatic carbocycles. The van der Waals surface area contributed by atoms with E-state index < -0.39 is 73.0 Å². The van der Waals surface area contributed by atoms with E-state index in [2.05, 4.69) is 0 Å². The smallest absolute Gasteiger partial charge is 0.207 e. The number of alkyl halides is 13. The van der Waals surface area contributed by atoms with Gasteiger partial charge in [-0.05, 0) is 24.1 Å². The van der Waals surface area contributed by atoms with Crippen molar-refractivity contribution < 1.29 is 65.5 Å². The van der Waals surface area contributed by atoms with Crippen molar-refractivity contribution in [3.8, 4) is 0 Å². The van der Waals surface area contributed by atoms with Crippen molar-refractivity contribution in [2.45, 2.75) is 47.6 Å². The van der Waals surface area contributed by atoms with Gasteiger partial charge in [0.2, 0.25) is 0 Å². The van der Waals surface area contributed by atoms with Crippen molar-refractivity contribution >= 4 is 19.7 Å². The molecule has 0 spiro atoms. The first kappa shape index (κ1) is 26.6. The summed E-state index contributed by atoms with van der Waals surface area (Å²) in [4.78, 5) is -1.20. The van der Waals surface area contributed by atoms with Gasteiger partial charge in [0.25, 0.3) is 14.5 Å². The van der Waals surface area contributed by atoms with Gasteiger partial charge in [0.1, 0.15) is 0 Å².